The minimum absolute atomic E-state index is 0.0673. The summed E-state index contributed by atoms with van der Waals surface area (Å²) in [6.45, 7) is 3.29. The summed E-state index contributed by atoms with van der Waals surface area (Å²) in [6, 6.07) is 3.09. The molecular formula is C15H16F3N3O2S. The summed E-state index contributed by atoms with van der Waals surface area (Å²) in [6.07, 6.45) is -0.910. The van der Waals surface area contributed by atoms with Crippen LogP contribution in [0.5, 0.6) is 0 Å². The molecule has 0 saturated heterocycles. The molecule has 1 heterocycles. The molecule has 1 spiro atoms. The maximum Gasteiger partial charge on any atom is 0.270 e. The Labute approximate surface area is 140 Å². The number of rotatable bonds is 2. The van der Waals surface area contributed by atoms with E-state index in [0.717, 1.165) is 18.2 Å². The van der Waals surface area contributed by atoms with Gasteiger partial charge in [0.15, 0.2) is 5.17 Å². The summed E-state index contributed by atoms with van der Waals surface area (Å²) < 4.78 is 41.9. The molecule has 3 rings (SSSR count). The van der Waals surface area contributed by atoms with Crippen molar-refractivity contribution in [2.75, 3.05) is 0 Å². The Morgan fingerprint density at radius 3 is 2.58 bits per heavy atom. The standard InChI is InChI=1S/C15H16F3N3O2S/c1-8-14(6-15(17,18)7-14)13(2,20-12(19)24-8)10-5-9(21(22)23)3-4-11(10)16/h3-5,8H,6-7H2,1-2H3,(H2,19,20)/t8-,13-/m1/s1. The van der Waals surface area contributed by atoms with Gasteiger partial charge >= 0.3 is 0 Å². The van der Waals surface area contributed by atoms with E-state index in [1.807, 2.05) is 0 Å². The minimum Gasteiger partial charge on any atom is -0.379 e. The molecule has 1 aliphatic heterocycles. The fraction of sp³-hybridized carbons (Fsp3) is 0.533. The summed E-state index contributed by atoms with van der Waals surface area (Å²) in [4.78, 5) is 14.7. The summed E-state index contributed by atoms with van der Waals surface area (Å²) in [5, 5.41) is 10.9. The molecule has 2 atom stereocenters. The van der Waals surface area contributed by atoms with E-state index in [1.54, 1.807) is 6.92 Å². The van der Waals surface area contributed by atoms with Crippen molar-refractivity contribution < 1.29 is 18.1 Å². The topological polar surface area (TPSA) is 81.5 Å². The first-order chi connectivity index (χ1) is 11.0. The van der Waals surface area contributed by atoms with E-state index >= 15 is 0 Å². The van der Waals surface area contributed by atoms with Crippen LogP contribution in [-0.2, 0) is 5.54 Å². The summed E-state index contributed by atoms with van der Waals surface area (Å²) in [5.74, 6) is -3.57. The van der Waals surface area contributed by atoms with Crippen LogP contribution in [0.2, 0.25) is 0 Å². The summed E-state index contributed by atoms with van der Waals surface area (Å²) in [5.41, 5.74) is 3.04. The fourth-order valence-electron chi connectivity index (χ4n) is 3.88. The Bertz CT molecular complexity index is 747. The number of amidine groups is 1. The van der Waals surface area contributed by atoms with Crippen molar-refractivity contribution in [3.63, 3.8) is 0 Å². The van der Waals surface area contributed by atoms with E-state index in [4.69, 9.17) is 5.73 Å². The van der Waals surface area contributed by atoms with Crippen LogP contribution in [0.3, 0.4) is 0 Å². The Morgan fingerprint density at radius 2 is 2.04 bits per heavy atom. The molecule has 1 aromatic carbocycles. The van der Waals surface area contributed by atoms with Crippen molar-refractivity contribution in [2.24, 2.45) is 16.1 Å². The zero-order valence-electron chi connectivity index (χ0n) is 13.1. The molecule has 1 aromatic rings. The zero-order chi connectivity index (χ0) is 17.9. The molecule has 0 unspecified atom stereocenters. The predicted molar refractivity (Wildman–Crippen MR) is 85.7 cm³/mol. The number of thioether (sulfide) groups is 1. The van der Waals surface area contributed by atoms with Gasteiger partial charge in [-0.2, -0.15) is 0 Å². The van der Waals surface area contributed by atoms with Gasteiger partial charge in [0.1, 0.15) is 5.82 Å². The van der Waals surface area contributed by atoms with Crippen molar-refractivity contribution in [1.82, 2.24) is 0 Å². The van der Waals surface area contributed by atoms with Gasteiger partial charge in [-0.3, -0.25) is 15.1 Å². The van der Waals surface area contributed by atoms with Gasteiger partial charge in [-0.15, -0.1) is 0 Å². The van der Waals surface area contributed by atoms with Crippen molar-refractivity contribution >= 4 is 22.6 Å². The zero-order valence-corrected chi connectivity index (χ0v) is 13.9. The number of nitro benzene ring substituents is 1. The van der Waals surface area contributed by atoms with Crippen LogP contribution in [0, 0.1) is 21.3 Å². The number of hydrogen-bond donors (Lipinski definition) is 1. The van der Waals surface area contributed by atoms with Crippen LogP contribution in [0.25, 0.3) is 0 Å². The van der Waals surface area contributed by atoms with Crippen molar-refractivity contribution in [2.45, 2.75) is 43.4 Å². The van der Waals surface area contributed by atoms with Crippen molar-refractivity contribution in [3.05, 3.63) is 39.7 Å². The lowest BCUT2D eigenvalue weighted by atomic mass is 9.52. The van der Waals surface area contributed by atoms with Crippen molar-refractivity contribution in [3.8, 4) is 0 Å². The number of halogens is 3. The Morgan fingerprint density at radius 1 is 1.42 bits per heavy atom. The number of nitro groups is 1. The van der Waals surface area contributed by atoms with Crippen molar-refractivity contribution in [1.29, 1.82) is 0 Å². The first-order valence-electron chi connectivity index (χ1n) is 7.35. The number of hydrogen-bond acceptors (Lipinski definition) is 5. The third-order valence-corrected chi connectivity index (χ3v) is 6.35. The van der Waals surface area contributed by atoms with Gasteiger partial charge in [0.25, 0.3) is 5.69 Å². The molecule has 1 fully saturated rings. The first kappa shape index (κ1) is 17.1. The SMILES string of the molecule is C[C@H]1SC(N)=N[C@](C)(c2cc([N+](=O)[O-])ccc2F)C12CC(F)(F)C2. The molecule has 24 heavy (non-hydrogen) atoms. The number of alkyl halides is 2. The molecule has 0 aromatic heterocycles. The second kappa shape index (κ2) is 5.11. The maximum absolute atomic E-state index is 14.5. The van der Waals surface area contributed by atoms with Gasteiger partial charge in [0.05, 0.1) is 10.5 Å². The van der Waals surface area contributed by atoms with Gasteiger partial charge < -0.3 is 5.73 Å². The largest absolute Gasteiger partial charge is 0.379 e. The number of benzene rings is 1. The smallest absolute Gasteiger partial charge is 0.270 e. The molecule has 130 valence electrons. The highest BCUT2D eigenvalue weighted by Crippen LogP contribution is 2.67. The van der Waals surface area contributed by atoms with Crippen LogP contribution in [-0.4, -0.2) is 21.3 Å². The highest BCUT2D eigenvalue weighted by molar-refractivity contribution is 8.14. The lowest BCUT2D eigenvalue weighted by Crippen LogP contribution is -2.63. The lowest BCUT2D eigenvalue weighted by Gasteiger charge is -2.60. The van der Waals surface area contributed by atoms with Crippen LogP contribution in [0.4, 0.5) is 18.9 Å². The number of aliphatic imine (C=N–C) groups is 1. The van der Waals surface area contributed by atoms with Crippen LogP contribution in [0.15, 0.2) is 23.2 Å². The van der Waals surface area contributed by atoms with Gasteiger partial charge in [0.2, 0.25) is 5.92 Å². The van der Waals surface area contributed by atoms with Crippen LogP contribution < -0.4 is 5.73 Å². The van der Waals surface area contributed by atoms with Gasteiger partial charge in [-0.05, 0) is 13.0 Å². The van der Waals surface area contributed by atoms with E-state index in [2.05, 4.69) is 4.99 Å². The maximum atomic E-state index is 14.5. The quantitative estimate of drug-likeness (QED) is 0.643. The second-order valence-electron chi connectivity index (χ2n) is 6.57. The predicted octanol–water partition coefficient (Wildman–Crippen LogP) is 3.81. The first-order valence-corrected chi connectivity index (χ1v) is 8.23. The Hall–Kier alpha value is -1.77. The number of non-ortho nitro benzene ring substituents is 1. The Kier molecular flexibility index (Phi) is 3.63. The normalized spacial score (nSPS) is 30.5. The van der Waals surface area contributed by atoms with Crippen LogP contribution >= 0.6 is 11.8 Å². The van der Waals surface area contributed by atoms with E-state index < -0.39 is 40.5 Å². The summed E-state index contributed by atoms with van der Waals surface area (Å²) >= 11 is 1.18. The average molecular weight is 359 g/mol. The Balaban J connectivity index is 2.20. The van der Waals surface area contributed by atoms with Crippen LogP contribution in [0.1, 0.15) is 32.3 Å². The highest BCUT2D eigenvalue weighted by Gasteiger charge is 2.69. The molecule has 5 nitrogen and oxygen atoms in total. The molecule has 9 heteroatoms. The van der Waals surface area contributed by atoms with E-state index in [0.29, 0.717) is 0 Å². The van der Waals surface area contributed by atoms with Gasteiger partial charge in [-0.25, -0.2) is 13.2 Å². The highest BCUT2D eigenvalue weighted by atomic mass is 32.2. The second-order valence-corrected chi connectivity index (χ2v) is 7.93. The van der Waals surface area contributed by atoms with E-state index in [9.17, 15) is 23.3 Å². The third-order valence-electron chi connectivity index (χ3n) is 5.21. The summed E-state index contributed by atoms with van der Waals surface area (Å²) in [7, 11) is 0. The molecular weight excluding hydrogens is 343 g/mol. The minimum atomic E-state index is -2.85. The average Bonchev–Trinajstić information content (AvgIpc) is 2.42. The molecule has 1 aliphatic carbocycles. The molecule has 1 saturated carbocycles. The number of nitrogens with two attached hydrogens (primary N) is 1. The van der Waals surface area contributed by atoms with E-state index in [1.165, 1.54) is 18.7 Å². The van der Waals surface area contributed by atoms with E-state index in [-0.39, 0.29) is 21.7 Å². The number of nitrogens with zero attached hydrogens (tertiary/aromatic N) is 2. The molecule has 2 aliphatic rings. The lowest BCUT2D eigenvalue weighted by molar-refractivity contribution is -0.385. The van der Waals surface area contributed by atoms with Gasteiger partial charge in [-0.1, -0.05) is 18.7 Å². The molecule has 0 radical (unpaired) electrons. The third kappa shape index (κ3) is 2.28. The fourth-order valence-corrected chi connectivity index (χ4v) is 5.10. The molecule has 0 bridgehead atoms. The van der Waals surface area contributed by atoms with Gasteiger partial charge in [0, 0.05) is 41.2 Å². The molecule has 0 amide bonds. The molecule has 2 N–H and O–H groups in total. The monoisotopic (exact) mass is 359 g/mol.